The molecule has 0 fully saturated rings. The van der Waals surface area contributed by atoms with Crippen molar-refractivity contribution in [1.82, 2.24) is 0 Å². The van der Waals surface area contributed by atoms with E-state index in [0.29, 0.717) is 13.0 Å². The van der Waals surface area contributed by atoms with Crippen LogP contribution in [0.1, 0.15) is 30.8 Å². The Balaban J connectivity index is 1.96. The van der Waals surface area contributed by atoms with E-state index in [2.05, 4.69) is 6.92 Å². The van der Waals surface area contributed by atoms with Crippen LogP contribution in [0.15, 0.2) is 47.1 Å². The Kier molecular flexibility index (Phi) is 4.42. The lowest BCUT2D eigenvalue weighted by Crippen LogP contribution is -2.01. The van der Waals surface area contributed by atoms with E-state index in [1.54, 1.807) is 6.26 Å². The zero-order chi connectivity index (χ0) is 12.8. The predicted molar refractivity (Wildman–Crippen MR) is 69.6 cm³/mol. The Morgan fingerprint density at radius 3 is 2.61 bits per heavy atom. The number of ether oxygens (including phenoxy) is 1. The van der Waals surface area contributed by atoms with Gasteiger partial charge in [-0.05, 0) is 36.2 Å². The van der Waals surface area contributed by atoms with Crippen molar-refractivity contribution in [2.45, 2.75) is 25.9 Å². The summed E-state index contributed by atoms with van der Waals surface area (Å²) in [4.78, 5) is 0. The molecule has 0 amide bonds. The average molecular weight is 246 g/mol. The van der Waals surface area contributed by atoms with Crippen LogP contribution in [-0.4, -0.2) is 11.7 Å². The van der Waals surface area contributed by atoms with Crippen LogP contribution in [-0.2, 0) is 6.42 Å². The molecule has 2 rings (SSSR count). The van der Waals surface area contributed by atoms with Gasteiger partial charge in [-0.15, -0.1) is 0 Å². The van der Waals surface area contributed by atoms with Crippen molar-refractivity contribution >= 4 is 0 Å². The normalized spacial score (nSPS) is 12.3. The van der Waals surface area contributed by atoms with Gasteiger partial charge < -0.3 is 14.3 Å². The van der Waals surface area contributed by atoms with Gasteiger partial charge in [0.1, 0.15) is 11.5 Å². The van der Waals surface area contributed by atoms with Gasteiger partial charge in [0.05, 0.1) is 19.0 Å². The minimum absolute atomic E-state index is 0.488. The molecule has 0 spiro atoms. The quantitative estimate of drug-likeness (QED) is 0.850. The molecule has 2 aromatic rings. The third kappa shape index (κ3) is 3.37. The molecule has 0 aliphatic rings. The van der Waals surface area contributed by atoms with Gasteiger partial charge in [0.15, 0.2) is 0 Å². The van der Waals surface area contributed by atoms with Crippen LogP contribution in [0, 0.1) is 0 Å². The predicted octanol–water partition coefficient (Wildman–Crippen LogP) is 3.34. The summed E-state index contributed by atoms with van der Waals surface area (Å²) in [5.74, 6) is 1.62. The zero-order valence-electron chi connectivity index (χ0n) is 10.5. The molecule has 0 saturated carbocycles. The molecule has 0 aliphatic carbocycles. The summed E-state index contributed by atoms with van der Waals surface area (Å²) in [6.45, 7) is 2.79. The monoisotopic (exact) mass is 246 g/mol. The van der Waals surface area contributed by atoms with Gasteiger partial charge in [0.2, 0.25) is 0 Å². The first-order chi connectivity index (χ1) is 8.79. The fourth-order valence-corrected chi connectivity index (χ4v) is 1.74. The number of rotatable bonds is 6. The Morgan fingerprint density at radius 2 is 2.00 bits per heavy atom. The third-order valence-corrected chi connectivity index (χ3v) is 2.71. The van der Waals surface area contributed by atoms with Crippen molar-refractivity contribution in [3.8, 4) is 5.75 Å². The Labute approximate surface area is 107 Å². The van der Waals surface area contributed by atoms with Crippen molar-refractivity contribution in [3.63, 3.8) is 0 Å². The highest BCUT2D eigenvalue weighted by atomic mass is 16.5. The van der Waals surface area contributed by atoms with E-state index in [0.717, 1.165) is 23.5 Å². The fraction of sp³-hybridized carbons (Fsp3) is 0.333. The van der Waals surface area contributed by atoms with E-state index in [1.807, 2.05) is 36.4 Å². The highest BCUT2D eigenvalue weighted by molar-refractivity contribution is 5.29. The Morgan fingerprint density at radius 1 is 1.22 bits per heavy atom. The molecule has 1 N–H and O–H groups in total. The van der Waals surface area contributed by atoms with Gasteiger partial charge in [0, 0.05) is 6.42 Å². The van der Waals surface area contributed by atoms with Gasteiger partial charge in [-0.3, -0.25) is 0 Å². The lowest BCUT2D eigenvalue weighted by molar-refractivity contribution is 0.170. The van der Waals surface area contributed by atoms with Crippen LogP contribution in [0.5, 0.6) is 5.75 Å². The van der Waals surface area contributed by atoms with Crippen LogP contribution in [0.3, 0.4) is 0 Å². The van der Waals surface area contributed by atoms with Crippen LogP contribution < -0.4 is 4.74 Å². The van der Waals surface area contributed by atoms with E-state index in [9.17, 15) is 5.11 Å². The van der Waals surface area contributed by atoms with Crippen molar-refractivity contribution in [2.24, 2.45) is 0 Å². The van der Waals surface area contributed by atoms with Gasteiger partial charge in [0.25, 0.3) is 0 Å². The Hall–Kier alpha value is -1.74. The number of aliphatic hydroxyl groups excluding tert-OH is 1. The number of aliphatic hydroxyl groups is 1. The SMILES string of the molecule is CCCOc1ccc(C(O)Cc2ccco2)cc1. The molecule has 96 valence electrons. The van der Waals surface area contributed by atoms with Crippen molar-refractivity contribution in [2.75, 3.05) is 6.61 Å². The first-order valence-corrected chi connectivity index (χ1v) is 6.23. The Bertz CT molecular complexity index is 445. The topological polar surface area (TPSA) is 42.6 Å². The minimum Gasteiger partial charge on any atom is -0.494 e. The molecule has 1 unspecified atom stereocenters. The van der Waals surface area contributed by atoms with E-state index < -0.39 is 6.10 Å². The summed E-state index contributed by atoms with van der Waals surface area (Å²) < 4.78 is 10.7. The van der Waals surface area contributed by atoms with E-state index in [1.165, 1.54) is 0 Å². The minimum atomic E-state index is -0.545. The van der Waals surface area contributed by atoms with Crippen molar-refractivity contribution < 1.29 is 14.3 Å². The van der Waals surface area contributed by atoms with Gasteiger partial charge in [-0.25, -0.2) is 0 Å². The highest BCUT2D eigenvalue weighted by Crippen LogP contribution is 2.21. The molecule has 1 heterocycles. The van der Waals surface area contributed by atoms with E-state index in [-0.39, 0.29) is 0 Å². The molecular formula is C15H18O3. The molecule has 3 nitrogen and oxygen atoms in total. The second-order valence-electron chi connectivity index (χ2n) is 4.22. The van der Waals surface area contributed by atoms with E-state index >= 15 is 0 Å². The van der Waals surface area contributed by atoms with Crippen molar-refractivity contribution in [3.05, 3.63) is 54.0 Å². The highest BCUT2D eigenvalue weighted by Gasteiger charge is 2.10. The average Bonchev–Trinajstić information content (AvgIpc) is 2.89. The summed E-state index contributed by atoms with van der Waals surface area (Å²) in [6, 6.07) is 11.2. The van der Waals surface area contributed by atoms with Crippen molar-refractivity contribution in [1.29, 1.82) is 0 Å². The number of hydrogen-bond acceptors (Lipinski definition) is 3. The molecule has 18 heavy (non-hydrogen) atoms. The first-order valence-electron chi connectivity index (χ1n) is 6.23. The maximum atomic E-state index is 10.1. The molecule has 1 atom stereocenters. The van der Waals surface area contributed by atoms with Gasteiger partial charge in [-0.2, -0.15) is 0 Å². The summed E-state index contributed by atoms with van der Waals surface area (Å²) in [6.07, 6.45) is 2.55. The summed E-state index contributed by atoms with van der Waals surface area (Å²) in [5, 5.41) is 10.1. The van der Waals surface area contributed by atoms with Crippen LogP contribution in [0.25, 0.3) is 0 Å². The van der Waals surface area contributed by atoms with Crippen LogP contribution in [0.2, 0.25) is 0 Å². The molecule has 0 bridgehead atoms. The molecule has 1 aromatic carbocycles. The third-order valence-electron chi connectivity index (χ3n) is 2.71. The molecular weight excluding hydrogens is 228 g/mol. The smallest absolute Gasteiger partial charge is 0.119 e. The van der Waals surface area contributed by atoms with Gasteiger partial charge >= 0.3 is 0 Å². The zero-order valence-corrected chi connectivity index (χ0v) is 10.5. The maximum absolute atomic E-state index is 10.1. The summed E-state index contributed by atoms with van der Waals surface area (Å²) >= 11 is 0. The lowest BCUT2D eigenvalue weighted by Gasteiger charge is -2.10. The largest absolute Gasteiger partial charge is 0.494 e. The summed E-state index contributed by atoms with van der Waals surface area (Å²) in [7, 11) is 0. The number of furan rings is 1. The summed E-state index contributed by atoms with van der Waals surface area (Å²) in [5.41, 5.74) is 0.871. The standard InChI is InChI=1S/C15H18O3/c1-2-9-17-13-7-5-12(6-8-13)15(16)11-14-4-3-10-18-14/h3-8,10,15-16H,2,9,11H2,1H3. The maximum Gasteiger partial charge on any atom is 0.119 e. The van der Waals surface area contributed by atoms with Crippen LogP contribution in [0.4, 0.5) is 0 Å². The molecule has 3 heteroatoms. The molecule has 0 saturated heterocycles. The molecule has 0 radical (unpaired) electrons. The van der Waals surface area contributed by atoms with Gasteiger partial charge in [-0.1, -0.05) is 19.1 Å². The van der Waals surface area contributed by atoms with E-state index in [4.69, 9.17) is 9.15 Å². The second-order valence-corrected chi connectivity index (χ2v) is 4.22. The number of hydrogen-bond donors (Lipinski definition) is 1. The second kappa shape index (κ2) is 6.26. The molecule has 1 aromatic heterocycles. The fourth-order valence-electron chi connectivity index (χ4n) is 1.74. The lowest BCUT2D eigenvalue weighted by atomic mass is 10.1. The van der Waals surface area contributed by atoms with Crippen LogP contribution >= 0.6 is 0 Å². The molecule has 0 aliphatic heterocycles. The number of benzene rings is 1. The first kappa shape index (κ1) is 12.7.